The fourth-order valence-corrected chi connectivity index (χ4v) is 2.51. The molecule has 7 nitrogen and oxygen atoms in total. The highest BCUT2D eigenvalue weighted by atomic mass is 16.5. The van der Waals surface area contributed by atoms with Crippen LogP contribution in [0.2, 0.25) is 0 Å². The van der Waals surface area contributed by atoms with Gasteiger partial charge in [-0.05, 0) is 0 Å². The fraction of sp³-hybridized carbons (Fsp3) is 0.438. The van der Waals surface area contributed by atoms with Crippen molar-refractivity contribution in [2.75, 3.05) is 33.2 Å². The first-order valence-electron chi connectivity index (χ1n) is 7.94. The number of amides is 1. The summed E-state index contributed by atoms with van der Waals surface area (Å²) >= 11 is 0. The zero-order valence-corrected chi connectivity index (χ0v) is 13.3. The third kappa shape index (κ3) is 4.37. The second-order valence-electron chi connectivity index (χ2n) is 5.86. The summed E-state index contributed by atoms with van der Waals surface area (Å²) < 4.78 is 5.22. The Hall–Kier alpha value is -2.25. The van der Waals surface area contributed by atoms with Gasteiger partial charge in [0.2, 0.25) is 17.6 Å². The Balaban J connectivity index is 1.47. The van der Waals surface area contributed by atoms with Gasteiger partial charge in [-0.1, -0.05) is 35.5 Å². The molecule has 0 atom stereocenters. The number of hydrogen-bond donors (Lipinski definition) is 2. The van der Waals surface area contributed by atoms with Gasteiger partial charge in [-0.2, -0.15) is 4.98 Å². The maximum absolute atomic E-state index is 12.0. The molecule has 0 aliphatic carbocycles. The van der Waals surface area contributed by atoms with Crippen molar-refractivity contribution in [1.29, 1.82) is 0 Å². The van der Waals surface area contributed by atoms with Gasteiger partial charge in [0, 0.05) is 18.4 Å². The number of piperazine rings is 1. The van der Waals surface area contributed by atoms with E-state index in [2.05, 4.69) is 22.6 Å². The van der Waals surface area contributed by atoms with E-state index in [9.17, 15) is 4.79 Å². The summed E-state index contributed by atoms with van der Waals surface area (Å²) in [7, 11) is 2.17. The smallest absolute Gasteiger partial charge is 0.234 e. The van der Waals surface area contributed by atoms with Crippen LogP contribution in [-0.4, -0.2) is 54.3 Å². The van der Waals surface area contributed by atoms with Gasteiger partial charge in [-0.15, -0.1) is 0 Å². The van der Waals surface area contributed by atoms with Gasteiger partial charge >= 0.3 is 0 Å². The number of quaternary nitrogens is 1. The van der Waals surface area contributed by atoms with Gasteiger partial charge in [-0.25, -0.2) is 5.01 Å². The zero-order valence-electron chi connectivity index (χ0n) is 13.3. The summed E-state index contributed by atoms with van der Waals surface area (Å²) in [5.74, 6) is 1.04. The predicted molar refractivity (Wildman–Crippen MR) is 84.4 cm³/mol. The van der Waals surface area contributed by atoms with E-state index < -0.39 is 0 Å². The molecule has 1 aliphatic rings. The number of rotatable bonds is 5. The molecule has 0 saturated carbocycles. The van der Waals surface area contributed by atoms with E-state index in [1.807, 2.05) is 35.3 Å². The molecule has 1 fully saturated rings. The second-order valence-corrected chi connectivity index (χ2v) is 5.86. The molecule has 1 aromatic heterocycles. The first-order chi connectivity index (χ1) is 11.2. The number of nitrogens with zero attached hydrogens (tertiary/aromatic N) is 3. The molecule has 3 rings (SSSR count). The average Bonchev–Trinajstić information content (AvgIpc) is 3.05. The maximum atomic E-state index is 12.0. The standard InChI is InChI=1S/C16H21N5O2/c1-20-9-11-21(12-10-20)18-14(22)7-8-15-17-16(19-23-15)13-5-3-2-4-6-13/h2-6H,7-12H2,1H3,(H,18,22)/p+1. The quantitative estimate of drug-likeness (QED) is 0.780. The first-order valence-corrected chi connectivity index (χ1v) is 7.94. The lowest BCUT2D eigenvalue weighted by atomic mass is 10.2. The highest BCUT2D eigenvalue weighted by Crippen LogP contribution is 2.15. The Kier molecular flexibility index (Phi) is 4.99. The summed E-state index contributed by atoms with van der Waals surface area (Å²) in [5.41, 5.74) is 3.85. The number of hydrogen-bond acceptors (Lipinski definition) is 5. The Morgan fingerprint density at radius 2 is 2.04 bits per heavy atom. The summed E-state index contributed by atoms with van der Waals surface area (Å²) in [6, 6.07) is 9.65. The SMILES string of the molecule is C[NH+]1CCN(NC(=O)CCc2nc(-c3ccccc3)no2)CC1. The van der Waals surface area contributed by atoms with Crippen LogP contribution in [0.15, 0.2) is 34.9 Å². The lowest BCUT2D eigenvalue weighted by molar-refractivity contribution is -0.884. The van der Waals surface area contributed by atoms with E-state index in [1.165, 1.54) is 4.90 Å². The topological polar surface area (TPSA) is 75.7 Å². The van der Waals surface area contributed by atoms with E-state index in [4.69, 9.17) is 4.52 Å². The lowest BCUT2D eigenvalue weighted by Gasteiger charge is -2.30. The minimum atomic E-state index is -0.0102. The van der Waals surface area contributed by atoms with E-state index in [0.717, 1.165) is 31.7 Å². The molecule has 1 amide bonds. The zero-order chi connectivity index (χ0) is 16.1. The molecular formula is C16H22N5O2+. The van der Waals surface area contributed by atoms with Crippen LogP contribution >= 0.6 is 0 Å². The van der Waals surface area contributed by atoms with Crippen LogP contribution in [0.1, 0.15) is 12.3 Å². The van der Waals surface area contributed by atoms with Gasteiger partial charge < -0.3 is 9.42 Å². The molecule has 0 bridgehead atoms. The minimum absolute atomic E-state index is 0.0102. The number of carbonyl (C=O) groups excluding carboxylic acids is 1. The van der Waals surface area contributed by atoms with Crippen molar-refractivity contribution in [3.8, 4) is 11.4 Å². The first kappa shape index (κ1) is 15.6. The Labute approximate surface area is 135 Å². The van der Waals surface area contributed by atoms with Gasteiger partial charge in [0.25, 0.3) is 0 Å². The van der Waals surface area contributed by atoms with Gasteiger partial charge in [-0.3, -0.25) is 10.2 Å². The minimum Gasteiger partial charge on any atom is -0.339 e. The highest BCUT2D eigenvalue weighted by Gasteiger charge is 2.18. The van der Waals surface area contributed by atoms with E-state index in [0.29, 0.717) is 24.6 Å². The largest absolute Gasteiger partial charge is 0.339 e. The average molecular weight is 316 g/mol. The van der Waals surface area contributed by atoms with Crippen molar-refractivity contribution in [1.82, 2.24) is 20.6 Å². The van der Waals surface area contributed by atoms with Crippen molar-refractivity contribution in [3.05, 3.63) is 36.2 Å². The van der Waals surface area contributed by atoms with Crippen molar-refractivity contribution >= 4 is 5.91 Å². The lowest BCUT2D eigenvalue weighted by Crippen LogP contribution is -3.12. The fourth-order valence-electron chi connectivity index (χ4n) is 2.51. The van der Waals surface area contributed by atoms with Crippen molar-refractivity contribution < 1.29 is 14.2 Å². The Morgan fingerprint density at radius 1 is 1.30 bits per heavy atom. The number of benzene rings is 1. The van der Waals surface area contributed by atoms with E-state index in [-0.39, 0.29) is 5.91 Å². The molecule has 2 N–H and O–H groups in total. The molecular weight excluding hydrogens is 294 g/mol. The van der Waals surface area contributed by atoms with Crippen LogP contribution in [0, 0.1) is 0 Å². The van der Waals surface area contributed by atoms with Gasteiger partial charge in [0.05, 0.1) is 33.2 Å². The van der Waals surface area contributed by atoms with Crippen LogP contribution < -0.4 is 10.3 Å². The van der Waals surface area contributed by atoms with Gasteiger partial charge in [0.15, 0.2) is 0 Å². The van der Waals surface area contributed by atoms with Crippen LogP contribution in [0.3, 0.4) is 0 Å². The molecule has 23 heavy (non-hydrogen) atoms. The second kappa shape index (κ2) is 7.34. The molecule has 122 valence electrons. The summed E-state index contributed by atoms with van der Waals surface area (Å²) in [5, 5.41) is 5.94. The number of aryl methyl sites for hydroxylation is 1. The summed E-state index contributed by atoms with van der Waals surface area (Å²) in [6.45, 7) is 3.86. The molecule has 0 spiro atoms. The monoisotopic (exact) mass is 316 g/mol. The predicted octanol–water partition coefficient (Wildman–Crippen LogP) is -0.469. The molecule has 1 aliphatic heterocycles. The van der Waals surface area contributed by atoms with Crippen molar-refractivity contribution in [2.45, 2.75) is 12.8 Å². The van der Waals surface area contributed by atoms with Crippen LogP contribution in [0.5, 0.6) is 0 Å². The molecule has 7 heteroatoms. The third-order valence-electron chi connectivity index (χ3n) is 3.97. The molecule has 1 saturated heterocycles. The molecule has 2 heterocycles. The number of nitrogens with one attached hydrogen (secondary N) is 2. The Bertz CT molecular complexity index is 635. The Morgan fingerprint density at radius 3 is 2.78 bits per heavy atom. The molecule has 2 aromatic rings. The molecule has 0 unspecified atom stereocenters. The number of carbonyl (C=O) groups is 1. The highest BCUT2D eigenvalue weighted by molar-refractivity contribution is 5.75. The number of hydrazine groups is 1. The molecule has 0 radical (unpaired) electrons. The van der Waals surface area contributed by atoms with Crippen LogP contribution in [0.4, 0.5) is 0 Å². The maximum Gasteiger partial charge on any atom is 0.234 e. The van der Waals surface area contributed by atoms with E-state index in [1.54, 1.807) is 0 Å². The summed E-state index contributed by atoms with van der Waals surface area (Å²) in [4.78, 5) is 17.8. The normalized spacial score (nSPS) is 16.4. The van der Waals surface area contributed by atoms with Crippen LogP contribution in [0.25, 0.3) is 11.4 Å². The third-order valence-corrected chi connectivity index (χ3v) is 3.97. The van der Waals surface area contributed by atoms with Crippen molar-refractivity contribution in [3.63, 3.8) is 0 Å². The summed E-state index contributed by atoms with van der Waals surface area (Å²) in [6.07, 6.45) is 0.792. The molecule has 1 aromatic carbocycles. The van der Waals surface area contributed by atoms with Crippen LogP contribution in [-0.2, 0) is 11.2 Å². The van der Waals surface area contributed by atoms with Gasteiger partial charge in [0.1, 0.15) is 0 Å². The number of aromatic nitrogens is 2. The van der Waals surface area contributed by atoms with Crippen molar-refractivity contribution in [2.24, 2.45) is 0 Å². The van der Waals surface area contributed by atoms with E-state index >= 15 is 0 Å². The number of likely N-dealkylation sites (N-methyl/N-ethyl adjacent to an activating group) is 1.